The zero-order valence-electron chi connectivity index (χ0n) is 13.5. The summed E-state index contributed by atoms with van der Waals surface area (Å²) in [6.45, 7) is 5.48. The Hall–Kier alpha value is -2.30. The van der Waals surface area contributed by atoms with Gasteiger partial charge in [0.2, 0.25) is 5.76 Å². The number of carbonyl (C=O) groups is 2. The van der Waals surface area contributed by atoms with E-state index in [1.54, 1.807) is 17.0 Å². The van der Waals surface area contributed by atoms with Crippen LogP contribution in [0.2, 0.25) is 0 Å². The van der Waals surface area contributed by atoms with Crippen molar-refractivity contribution in [1.82, 2.24) is 4.90 Å². The van der Waals surface area contributed by atoms with Crippen molar-refractivity contribution in [3.8, 4) is 0 Å². The quantitative estimate of drug-likeness (QED) is 0.817. The van der Waals surface area contributed by atoms with Gasteiger partial charge in [0.15, 0.2) is 6.61 Å². The van der Waals surface area contributed by atoms with Crippen LogP contribution >= 0.6 is 0 Å². The van der Waals surface area contributed by atoms with E-state index in [4.69, 9.17) is 9.15 Å². The molecule has 5 heteroatoms. The lowest BCUT2D eigenvalue weighted by Crippen LogP contribution is -2.44. The molecule has 3 rings (SSSR count). The van der Waals surface area contributed by atoms with Crippen LogP contribution in [0.3, 0.4) is 0 Å². The first-order chi connectivity index (χ1) is 11.0. The van der Waals surface area contributed by atoms with E-state index in [9.17, 15) is 9.59 Å². The molecule has 2 heterocycles. The molecule has 1 aromatic carbocycles. The first kappa shape index (κ1) is 15.6. The van der Waals surface area contributed by atoms with Crippen molar-refractivity contribution >= 4 is 22.8 Å². The second-order valence-corrected chi connectivity index (χ2v) is 6.47. The predicted octanol–water partition coefficient (Wildman–Crippen LogP) is 3.09. The van der Waals surface area contributed by atoms with Crippen LogP contribution in [-0.4, -0.2) is 36.5 Å². The van der Waals surface area contributed by atoms with Crippen LogP contribution in [0.25, 0.3) is 11.0 Å². The zero-order valence-corrected chi connectivity index (χ0v) is 13.5. The molecule has 0 spiro atoms. The van der Waals surface area contributed by atoms with Gasteiger partial charge in [0.05, 0.1) is 0 Å². The maximum absolute atomic E-state index is 12.2. The van der Waals surface area contributed by atoms with Gasteiger partial charge in [-0.15, -0.1) is 0 Å². The average Bonchev–Trinajstić information content (AvgIpc) is 2.95. The fourth-order valence-corrected chi connectivity index (χ4v) is 3.24. The highest BCUT2D eigenvalue weighted by molar-refractivity contribution is 5.93. The Bertz CT molecular complexity index is 678. The number of benzene rings is 1. The second-order valence-electron chi connectivity index (χ2n) is 6.47. The average molecular weight is 315 g/mol. The molecule has 1 amide bonds. The minimum Gasteiger partial charge on any atom is -0.450 e. The molecule has 0 unspecified atom stereocenters. The van der Waals surface area contributed by atoms with Gasteiger partial charge in [-0.3, -0.25) is 4.79 Å². The van der Waals surface area contributed by atoms with Gasteiger partial charge in [-0.1, -0.05) is 32.0 Å². The lowest BCUT2D eigenvalue weighted by Gasteiger charge is -2.34. The first-order valence-electron chi connectivity index (χ1n) is 7.96. The molecule has 2 atom stereocenters. The van der Waals surface area contributed by atoms with E-state index in [0.717, 1.165) is 24.9 Å². The van der Waals surface area contributed by atoms with Gasteiger partial charge in [0, 0.05) is 18.5 Å². The zero-order chi connectivity index (χ0) is 16.4. The van der Waals surface area contributed by atoms with Crippen molar-refractivity contribution in [2.45, 2.75) is 20.3 Å². The van der Waals surface area contributed by atoms with Gasteiger partial charge in [0.1, 0.15) is 5.58 Å². The van der Waals surface area contributed by atoms with Gasteiger partial charge in [-0.05, 0) is 30.4 Å². The largest absolute Gasteiger partial charge is 0.450 e. The Morgan fingerprint density at radius 3 is 2.61 bits per heavy atom. The molecule has 1 fully saturated rings. The molecule has 1 aromatic heterocycles. The van der Waals surface area contributed by atoms with E-state index in [1.165, 1.54) is 0 Å². The number of esters is 1. The van der Waals surface area contributed by atoms with Gasteiger partial charge < -0.3 is 14.1 Å². The monoisotopic (exact) mass is 315 g/mol. The molecule has 122 valence electrons. The lowest BCUT2D eigenvalue weighted by molar-refractivity contribution is -0.137. The van der Waals surface area contributed by atoms with Crippen LogP contribution in [0.1, 0.15) is 30.8 Å². The highest BCUT2D eigenvalue weighted by Gasteiger charge is 2.26. The Kier molecular flexibility index (Phi) is 4.37. The van der Waals surface area contributed by atoms with Gasteiger partial charge >= 0.3 is 5.97 Å². The molecule has 23 heavy (non-hydrogen) atoms. The van der Waals surface area contributed by atoms with Crippen molar-refractivity contribution in [2.24, 2.45) is 11.8 Å². The molecule has 5 nitrogen and oxygen atoms in total. The summed E-state index contributed by atoms with van der Waals surface area (Å²) in [4.78, 5) is 26.0. The predicted molar refractivity (Wildman–Crippen MR) is 86.0 cm³/mol. The van der Waals surface area contributed by atoms with Crippen LogP contribution in [0, 0.1) is 11.8 Å². The summed E-state index contributed by atoms with van der Waals surface area (Å²) >= 11 is 0. The van der Waals surface area contributed by atoms with E-state index in [2.05, 4.69) is 13.8 Å². The van der Waals surface area contributed by atoms with Crippen molar-refractivity contribution < 1.29 is 18.7 Å². The minimum atomic E-state index is -0.604. The first-order valence-corrected chi connectivity index (χ1v) is 7.96. The number of nitrogens with zero attached hydrogens (tertiary/aromatic N) is 1. The maximum atomic E-state index is 12.2. The summed E-state index contributed by atoms with van der Waals surface area (Å²) in [7, 11) is 0. The molecule has 0 N–H and O–H groups in total. The lowest BCUT2D eigenvalue weighted by atomic mass is 9.92. The third kappa shape index (κ3) is 3.55. The third-order valence-electron chi connectivity index (χ3n) is 4.18. The SMILES string of the molecule is C[C@@H]1C[C@@H](C)CN(C(=O)COC(=O)c2cc3ccccc3o2)C1. The number of ether oxygens (including phenoxy) is 1. The molecule has 1 aliphatic heterocycles. The molecule has 0 aliphatic carbocycles. The Morgan fingerprint density at radius 1 is 1.22 bits per heavy atom. The summed E-state index contributed by atoms with van der Waals surface area (Å²) in [6, 6.07) is 8.98. The van der Waals surface area contributed by atoms with Crippen LogP contribution in [0.5, 0.6) is 0 Å². The van der Waals surface area contributed by atoms with E-state index < -0.39 is 5.97 Å². The van der Waals surface area contributed by atoms with Crippen molar-refractivity contribution in [1.29, 1.82) is 0 Å². The number of rotatable bonds is 3. The van der Waals surface area contributed by atoms with E-state index in [0.29, 0.717) is 17.4 Å². The molecule has 0 radical (unpaired) electrons. The van der Waals surface area contributed by atoms with Gasteiger partial charge in [-0.25, -0.2) is 4.79 Å². The standard InChI is InChI=1S/C18H21NO4/c1-12-7-13(2)10-19(9-12)17(20)11-22-18(21)16-8-14-5-3-4-6-15(14)23-16/h3-6,8,12-13H,7,9-11H2,1-2H3/t12-,13-/m1/s1. The number of hydrogen-bond acceptors (Lipinski definition) is 4. The van der Waals surface area contributed by atoms with Crippen LogP contribution < -0.4 is 0 Å². The Morgan fingerprint density at radius 2 is 1.91 bits per heavy atom. The summed E-state index contributed by atoms with van der Waals surface area (Å²) < 4.78 is 10.6. The highest BCUT2D eigenvalue weighted by Crippen LogP contribution is 2.22. The number of piperidine rings is 1. The molecular weight excluding hydrogens is 294 g/mol. The molecule has 0 saturated carbocycles. The normalized spacial score (nSPS) is 21.4. The third-order valence-corrected chi connectivity index (χ3v) is 4.18. The summed E-state index contributed by atoms with van der Waals surface area (Å²) in [5.41, 5.74) is 0.629. The van der Waals surface area contributed by atoms with Crippen molar-refractivity contribution in [3.63, 3.8) is 0 Å². The van der Waals surface area contributed by atoms with E-state index in [-0.39, 0.29) is 18.3 Å². The topological polar surface area (TPSA) is 59.8 Å². The van der Waals surface area contributed by atoms with Crippen molar-refractivity contribution in [3.05, 3.63) is 36.1 Å². The number of furan rings is 1. The number of hydrogen-bond donors (Lipinski definition) is 0. The molecule has 0 bridgehead atoms. The minimum absolute atomic E-state index is 0.124. The number of likely N-dealkylation sites (tertiary alicyclic amines) is 1. The number of fused-ring (bicyclic) bond motifs is 1. The summed E-state index contributed by atoms with van der Waals surface area (Å²) in [5.74, 6) is 0.336. The molecule has 2 aromatic rings. The Labute approximate surface area is 135 Å². The fraction of sp³-hybridized carbons (Fsp3) is 0.444. The molecule has 1 saturated heterocycles. The number of para-hydroxylation sites is 1. The smallest absolute Gasteiger partial charge is 0.374 e. The fourth-order valence-electron chi connectivity index (χ4n) is 3.24. The van der Waals surface area contributed by atoms with E-state index in [1.807, 2.05) is 18.2 Å². The van der Waals surface area contributed by atoms with Gasteiger partial charge in [0.25, 0.3) is 5.91 Å². The highest BCUT2D eigenvalue weighted by atomic mass is 16.5. The summed E-state index contributed by atoms with van der Waals surface area (Å²) in [5, 5.41) is 0.837. The van der Waals surface area contributed by atoms with Crippen LogP contribution in [0.4, 0.5) is 0 Å². The van der Waals surface area contributed by atoms with Gasteiger partial charge in [-0.2, -0.15) is 0 Å². The van der Waals surface area contributed by atoms with Crippen molar-refractivity contribution in [2.75, 3.05) is 19.7 Å². The maximum Gasteiger partial charge on any atom is 0.374 e. The molecular formula is C18H21NO4. The molecule has 1 aliphatic rings. The second kappa shape index (κ2) is 6.44. The number of carbonyl (C=O) groups excluding carboxylic acids is 2. The van der Waals surface area contributed by atoms with E-state index >= 15 is 0 Å². The summed E-state index contributed by atoms with van der Waals surface area (Å²) in [6.07, 6.45) is 1.13. The number of amides is 1. The Balaban J connectivity index is 1.59. The van der Waals surface area contributed by atoms with Crippen LogP contribution in [-0.2, 0) is 9.53 Å². The van der Waals surface area contributed by atoms with Crippen LogP contribution in [0.15, 0.2) is 34.7 Å².